The molecule has 0 spiro atoms. The van der Waals surface area contributed by atoms with Crippen LogP contribution >= 0.6 is 0 Å². The summed E-state index contributed by atoms with van der Waals surface area (Å²) in [5, 5.41) is 8.18. The molecular formula is C15H14F3N5. The van der Waals surface area contributed by atoms with Gasteiger partial charge in [0.15, 0.2) is 0 Å². The fraction of sp³-hybridized carbons (Fsp3) is 0.200. The van der Waals surface area contributed by atoms with Gasteiger partial charge in [0.1, 0.15) is 11.5 Å². The molecule has 0 radical (unpaired) electrons. The molecule has 0 bridgehead atoms. The Morgan fingerprint density at radius 3 is 1.74 bits per heavy atom. The second-order valence-corrected chi connectivity index (χ2v) is 5.19. The Labute approximate surface area is 130 Å². The van der Waals surface area contributed by atoms with Crippen LogP contribution in [0.15, 0.2) is 36.4 Å². The lowest BCUT2D eigenvalue weighted by atomic mass is 10.1. The minimum atomic E-state index is -4.43. The van der Waals surface area contributed by atoms with E-state index in [1.807, 2.05) is 0 Å². The van der Waals surface area contributed by atoms with Crippen molar-refractivity contribution in [2.75, 3.05) is 5.73 Å². The SMILES string of the molecule is Cn1nc(-c2ccc(-c3cc(C(F)(F)F)n(C)n3)cc2)cc1N. The molecule has 0 saturated carbocycles. The molecule has 120 valence electrons. The minimum absolute atomic E-state index is 0.270. The molecule has 5 nitrogen and oxygen atoms in total. The van der Waals surface area contributed by atoms with Gasteiger partial charge in [-0.15, -0.1) is 0 Å². The number of rotatable bonds is 2. The Morgan fingerprint density at radius 1 is 0.870 bits per heavy atom. The summed E-state index contributed by atoms with van der Waals surface area (Å²) in [4.78, 5) is 0. The average molecular weight is 321 g/mol. The molecule has 3 aromatic rings. The van der Waals surface area contributed by atoms with Gasteiger partial charge in [-0.25, -0.2) is 0 Å². The number of hydrogen-bond acceptors (Lipinski definition) is 3. The number of nitrogen functional groups attached to an aromatic ring is 1. The lowest BCUT2D eigenvalue weighted by molar-refractivity contribution is -0.143. The number of aryl methyl sites for hydroxylation is 2. The van der Waals surface area contributed by atoms with Gasteiger partial charge in [0, 0.05) is 31.3 Å². The van der Waals surface area contributed by atoms with E-state index in [0.717, 1.165) is 16.3 Å². The molecule has 1 aromatic carbocycles. The van der Waals surface area contributed by atoms with Crippen LogP contribution in [0.4, 0.5) is 19.0 Å². The van der Waals surface area contributed by atoms with E-state index in [2.05, 4.69) is 10.2 Å². The number of benzene rings is 1. The molecular weight excluding hydrogens is 307 g/mol. The van der Waals surface area contributed by atoms with Crippen molar-refractivity contribution in [3.63, 3.8) is 0 Å². The highest BCUT2D eigenvalue weighted by Crippen LogP contribution is 2.32. The molecule has 2 heterocycles. The van der Waals surface area contributed by atoms with Crippen molar-refractivity contribution in [2.24, 2.45) is 14.1 Å². The number of halogens is 3. The topological polar surface area (TPSA) is 61.7 Å². The first-order valence-electron chi connectivity index (χ1n) is 6.77. The Balaban J connectivity index is 1.94. The van der Waals surface area contributed by atoms with Crippen molar-refractivity contribution in [1.82, 2.24) is 19.6 Å². The number of nitrogens with zero attached hydrogens (tertiary/aromatic N) is 4. The third-order valence-electron chi connectivity index (χ3n) is 3.56. The molecule has 0 saturated heterocycles. The summed E-state index contributed by atoms with van der Waals surface area (Å²) in [6.07, 6.45) is -4.43. The van der Waals surface area contributed by atoms with Crippen molar-refractivity contribution in [3.05, 3.63) is 42.1 Å². The molecule has 3 rings (SSSR count). The van der Waals surface area contributed by atoms with Crippen molar-refractivity contribution < 1.29 is 13.2 Å². The summed E-state index contributed by atoms with van der Waals surface area (Å²) in [7, 11) is 3.01. The van der Waals surface area contributed by atoms with Gasteiger partial charge in [-0.2, -0.15) is 23.4 Å². The highest BCUT2D eigenvalue weighted by Gasteiger charge is 2.35. The molecule has 0 atom stereocenters. The van der Waals surface area contributed by atoms with Crippen LogP contribution < -0.4 is 5.73 Å². The lowest BCUT2D eigenvalue weighted by Crippen LogP contribution is -2.11. The maximum absolute atomic E-state index is 12.8. The predicted molar refractivity (Wildman–Crippen MR) is 80.3 cm³/mol. The summed E-state index contributed by atoms with van der Waals surface area (Å²) in [6, 6.07) is 9.74. The molecule has 0 aliphatic carbocycles. The largest absolute Gasteiger partial charge is 0.433 e. The van der Waals surface area contributed by atoms with E-state index in [1.54, 1.807) is 42.1 Å². The molecule has 0 fully saturated rings. The fourth-order valence-electron chi connectivity index (χ4n) is 2.31. The average Bonchev–Trinajstić information content (AvgIpc) is 3.03. The van der Waals surface area contributed by atoms with Gasteiger partial charge >= 0.3 is 6.18 Å². The summed E-state index contributed by atoms with van der Waals surface area (Å²) in [5.74, 6) is 0.531. The molecule has 2 aromatic heterocycles. The van der Waals surface area contributed by atoms with E-state index in [0.29, 0.717) is 17.1 Å². The lowest BCUT2D eigenvalue weighted by Gasteiger charge is -2.04. The van der Waals surface area contributed by atoms with Crippen molar-refractivity contribution in [2.45, 2.75) is 6.18 Å². The first kappa shape index (κ1) is 15.1. The minimum Gasteiger partial charge on any atom is -0.384 e. The van der Waals surface area contributed by atoms with Crippen LogP contribution in [0, 0.1) is 0 Å². The monoisotopic (exact) mass is 321 g/mol. The second-order valence-electron chi connectivity index (χ2n) is 5.19. The van der Waals surface area contributed by atoms with Gasteiger partial charge in [0.25, 0.3) is 0 Å². The van der Waals surface area contributed by atoms with Crippen LogP contribution in [0.1, 0.15) is 5.69 Å². The molecule has 8 heteroatoms. The van der Waals surface area contributed by atoms with Crippen LogP contribution in [0.25, 0.3) is 22.5 Å². The first-order chi connectivity index (χ1) is 10.8. The van der Waals surface area contributed by atoms with Crippen LogP contribution in [0.2, 0.25) is 0 Å². The smallest absolute Gasteiger partial charge is 0.384 e. The number of anilines is 1. The number of aromatic nitrogens is 4. The van der Waals surface area contributed by atoms with Crippen LogP contribution in [0.3, 0.4) is 0 Å². The highest BCUT2D eigenvalue weighted by atomic mass is 19.4. The van der Waals surface area contributed by atoms with Crippen molar-refractivity contribution >= 4 is 5.82 Å². The number of nitrogens with two attached hydrogens (primary N) is 1. The van der Waals surface area contributed by atoms with Gasteiger partial charge in [0.2, 0.25) is 0 Å². The van der Waals surface area contributed by atoms with E-state index in [9.17, 15) is 13.2 Å². The first-order valence-corrected chi connectivity index (χ1v) is 6.77. The van der Waals surface area contributed by atoms with Crippen LogP contribution in [0.5, 0.6) is 0 Å². The zero-order valence-electron chi connectivity index (χ0n) is 12.5. The quantitative estimate of drug-likeness (QED) is 0.789. The predicted octanol–water partition coefficient (Wildman–Crippen LogP) is 3.09. The Hall–Kier alpha value is -2.77. The fourth-order valence-corrected chi connectivity index (χ4v) is 2.31. The van der Waals surface area contributed by atoms with E-state index in [-0.39, 0.29) is 5.69 Å². The molecule has 0 amide bonds. The summed E-state index contributed by atoms with van der Waals surface area (Å²) in [5.41, 5.74) is 7.36. The van der Waals surface area contributed by atoms with E-state index in [4.69, 9.17) is 5.73 Å². The van der Waals surface area contributed by atoms with Crippen molar-refractivity contribution in [1.29, 1.82) is 0 Å². The maximum Gasteiger partial charge on any atom is 0.433 e. The van der Waals surface area contributed by atoms with E-state index < -0.39 is 11.9 Å². The zero-order chi connectivity index (χ0) is 16.8. The molecule has 23 heavy (non-hydrogen) atoms. The zero-order valence-corrected chi connectivity index (χ0v) is 12.5. The Kier molecular flexibility index (Phi) is 3.39. The molecule has 0 unspecified atom stereocenters. The molecule has 0 aliphatic rings. The highest BCUT2D eigenvalue weighted by molar-refractivity contribution is 5.68. The normalized spacial score (nSPS) is 11.9. The Morgan fingerprint density at radius 2 is 1.35 bits per heavy atom. The van der Waals surface area contributed by atoms with E-state index >= 15 is 0 Å². The summed E-state index contributed by atoms with van der Waals surface area (Å²) < 4.78 is 40.8. The van der Waals surface area contributed by atoms with E-state index in [1.165, 1.54) is 7.05 Å². The Bertz CT molecular complexity index is 824. The number of hydrogen-bond donors (Lipinski definition) is 1. The number of alkyl halides is 3. The summed E-state index contributed by atoms with van der Waals surface area (Å²) >= 11 is 0. The van der Waals surface area contributed by atoms with Crippen LogP contribution in [-0.2, 0) is 20.3 Å². The van der Waals surface area contributed by atoms with Gasteiger partial charge in [-0.1, -0.05) is 24.3 Å². The third-order valence-corrected chi connectivity index (χ3v) is 3.56. The molecule has 2 N–H and O–H groups in total. The van der Waals surface area contributed by atoms with Crippen LogP contribution in [-0.4, -0.2) is 19.6 Å². The standard InChI is InChI=1S/C15H14F3N5/c1-22-13(15(16,17)18)7-11(20-22)9-3-5-10(6-4-9)12-8-14(19)23(2)21-12/h3-8H,19H2,1-2H3. The van der Waals surface area contributed by atoms with Crippen molar-refractivity contribution in [3.8, 4) is 22.5 Å². The van der Waals surface area contributed by atoms with Gasteiger partial charge in [-0.3, -0.25) is 9.36 Å². The van der Waals surface area contributed by atoms with Gasteiger partial charge in [0.05, 0.1) is 11.4 Å². The third kappa shape index (κ3) is 2.79. The maximum atomic E-state index is 12.8. The second kappa shape index (κ2) is 5.15. The summed E-state index contributed by atoms with van der Waals surface area (Å²) in [6.45, 7) is 0. The van der Waals surface area contributed by atoms with Gasteiger partial charge < -0.3 is 5.73 Å². The molecule has 0 aliphatic heterocycles. The van der Waals surface area contributed by atoms with Gasteiger partial charge in [-0.05, 0) is 6.07 Å².